The highest BCUT2D eigenvalue weighted by Gasteiger charge is 1.99. The molecule has 0 saturated carbocycles. The van der Waals surface area contributed by atoms with Gasteiger partial charge in [-0.2, -0.15) is 0 Å². The zero-order valence-corrected chi connectivity index (χ0v) is 13.4. The molecule has 4 aromatic rings. The number of nitrogens with one attached hydrogen (secondary N) is 1. The maximum absolute atomic E-state index is 5.36. The lowest BCUT2D eigenvalue weighted by Crippen LogP contribution is -1.90. The molecule has 0 bridgehead atoms. The number of nitrogens with two attached hydrogens (primary N) is 1. The molecular formula is C22H20N2. The number of para-hydroxylation sites is 2. The van der Waals surface area contributed by atoms with E-state index in [2.05, 4.69) is 59.9 Å². The van der Waals surface area contributed by atoms with Gasteiger partial charge >= 0.3 is 0 Å². The molecule has 0 aromatic heterocycles. The van der Waals surface area contributed by atoms with Gasteiger partial charge in [0, 0.05) is 22.4 Å². The minimum absolute atomic E-state index is 0.822. The Labute approximate surface area is 142 Å². The summed E-state index contributed by atoms with van der Waals surface area (Å²) in [4.78, 5) is 0. The van der Waals surface area contributed by atoms with E-state index in [1.807, 2.05) is 48.5 Å². The summed E-state index contributed by atoms with van der Waals surface area (Å²) >= 11 is 0. The molecule has 0 fully saturated rings. The van der Waals surface area contributed by atoms with E-state index < -0.39 is 0 Å². The highest BCUT2D eigenvalue weighted by Crippen LogP contribution is 2.25. The van der Waals surface area contributed by atoms with Crippen molar-refractivity contribution in [1.82, 2.24) is 0 Å². The first kappa shape index (κ1) is 15.6. The number of nitrogen functional groups attached to an aromatic ring is 1. The zero-order valence-electron chi connectivity index (χ0n) is 13.4. The fourth-order valence-corrected chi connectivity index (χ4v) is 2.46. The Morgan fingerprint density at radius 1 is 0.542 bits per heavy atom. The van der Waals surface area contributed by atoms with Gasteiger partial charge in [0.2, 0.25) is 0 Å². The summed E-state index contributed by atoms with van der Waals surface area (Å²) in [5.41, 5.74) is 8.44. The second-order valence-corrected chi connectivity index (χ2v) is 5.43. The van der Waals surface area contributed by atoms with Gasteiger partial charge in [-0.1, -0.05) is 72.8 Å². The van der Waals surface area contributed by atoms with Crippen LogP contribution in [-0.4, -0.2) is 0 Å². The molecule has 0 spiro atoms. The Morgan fingerprint density at radius 2 is 1.12 bits per heavy atom. The molecular weight excluding hydrogens is 292 g/mol. The van der Waals surface area contributed by atoms with Crippen LogP contribution >= 0.6 is 0 Å². The molecule has 0 unspecified atom stereocenters. The molecule has 4 aromatic carbocycles. The molecule has 0 atom stereocenters. The molecule has 24 heavy (non-hydrogen) atoms. The van der Waals surface area contributed by atoms with Crippen molar-refractivity contribution in [2.45, 2.75) is 0 Å². The fraction of sp³-hybridized carbons (Fsp3) is 0. The SMILES string of the molecule is Nc1ccccc1.c1ccc(Nc2cccc3ccccc23)cc1. The molecule has 0 aliphatic carbocycles. The average molecular weight is 312 g/mol. The third-order valence-electron chi connectivity index (χ3n) is 3.64. The second-order valence-electron chi connectivity index (χ2n) is 5.43. The van der Waals surface area contributed by atoms with Crippen LogP contribution in [0.1, 0.15) is 0 Å². The Morgan fingerprint density at radius 3 is 1.79 bits per heavy atom. The van der Waals surface area contributed by atoms with Crippen molar-refractivity contribution in [2.24, 2.45) is 0 Å². The quantitative estimate of drug-likeness (QED) is 0.455. The smallest absolute Gasteiger partial charge is 0.0463 e. The van der Waals surface area contributed by atoms with E-state index in [9.17, 15) is 0 Å². The maximum Gasteiger partial charge on any atom is 0.0463 e. The van der Waals surface area contributed by atoms with Gasteiger partial charge in [0.05, 0.1) is 0 Å². The molecule has 2 heteroatoms. The van der Waals surface area contributed by atoms with E-state index in [4.69, 9.17) is 5.73 Å². The largest absolute Gasteiger partial charge is 0.399 e. The van der Waals surface area contributed by atoms with Crippen molar-refractivity contribution < 1.29 is 0 Å². The van der Waals surface area contributed by atoms with E-state index in [1.54, 1.807) is 0 Å². The fourth-order valence-electron chi connectivity index (χ4n) is 2.46. The summed E-state index contributed by atoms with van der Waals surface area (Å²) in [7, 11) is 0. The summed E-state index contributed by atoms with van der Waals surface area (Å²) in [6.45, 7) is 0. The van der Waals surface area contributed by atoms with Gasteiger partial charge in [-0.3, -0.25) is 0 Å². The van der Waals surface area contributed by atoms with E-state index in [0.29, 0.717) is 0 Å². The Kier molecular flexibility index (Phi) is 5.10. The molecule has 4 rings (SSSR count). The monoisotopic (exact) mass is 312 g/mol. The number of anilines is 3. The maximum atomic E-state index is 5.36. The van der Waals surface area contributed by atoms with Gasteiger partial charge in [0.15, 0.2) is 0 Å². The Bertz CT molecular complexity index is 882. The molecule has 0 aliphatic heterocycles. The highest BCUT2D eigenvalue weighted by molar-refractivity contribution is 5.95. The standard InChI is InChI=1S/C16H13N.C6H7N/c1-2-9-14(10-3-1)17-16-12-6-8-13-7-4-5-11-15(13)16;7-6-4-2-1-3-5-6/h1-12,17H;1-5H,7H2. The van der Waals surface area contributed by atoms with Crippen molar-refractivity contribution in [3.63, 3.8) is 0 Å². The third kappa shape index (κ3) is 4.14. The van der Waals surface area contributed by atoms with Crippen LogP contribution in [0, 0.1) is 0 Å². The molecule has 118 valence electrons. The van der Waals surface area contributed by atoms with Crippen molar-refractivity contribution in [1.29, 1.82) is 0 Å². The van der Waals surface area contributed by atoms with Gasteiger partial charge in [-0.25, -0.2) is 0 Å². The van der Waals surface area contributed by atoms with Crippen LogP contribution in [0.3, 0.4) is 0 Å². The topological polar surface area (TPSA) is 38.0 Å². The molecule has 3 N–H and O–H groups in total. The van der Waals surface area contributed by atoms with Gasteiger partial charge in [0.1, 0.15) is 0 Å². The van der Waals surface area contributed by atoms with Crippen LogP contribution in [0.2, 0.25) is 0 Å². The molecule has 0 heterocycles. The van der Waals surface area contributed by atoms with Crippen LogP contribution in [0.15, 0.2) is 103 Å². The molecule has 0 saturated heterocycles. The van der Waals surface area contributed by atoms with Crippen LogP contribution < -0.4 is 11.1 Å². The summed E-state index contributed by atoms with van der Waals surface area (Å²) in [5.74, 6) is 0. The predicted octanol–water partition coefficient (Wildman–Crippen LogP) is 5.85. The normalized spacial score (nSPS) is 9.83. The van der Waals surface area contributed by atoms with Gasteiger partial charge in [-0.05, 0) is 35.7 Å². The second kappa shape index (κ2) is 7.84. The summed E-state index contributed by atoms with van der Waals surface area (Å²) < 4.78 is 0. The first-order valence-corrected chi connectivity index (χ1v) is 7.93. The van der Waals surface area contributed by atoms with Gasteiger partial charge in [-0.15, -0.1) is 0 Å². The lowest BCUT2D eigenvalue weighted by molar-refractivity contribution is 1.58. The van der Waals surface area contributed by atoms with Crippen LogP contribution in [-0.2, 0) is 0 Å². The first-order valence-electron chi connectivity index (χ1n) is 7.93. The van der Waals surface area contributed by atoms with Crippen molar-refractivity contribution in [3.05, 3.63) is 103 Å². The lowest BCUT2D eigenvalue weighted by Gasteiger charge is -2.09. The minimum Gasteiger partial charge on any atom is -0.399 e. The average Bonchev–Trinajstić information content (AvgIpc) is 2.64. The number of hydrogen-bond acceptors (Lipinski definition) is 2. The number of hydrogen-bond donors (Lipinski definition) is 2. The van der Waals surface area contributed by atoms with Crippen LogP contribution in [0.5, 0.6) is 0 Å². The summed E-state index contributed by atoms with van der Waals surface area (Å²) in [6, 6.07) is 34.4. The minimum atomic E-state index is 0.822. The number of rotatable bonds is 2. The number of benzene rings is 4. The highest BCUT2D eigenvalue weighted by atomic mass is 14.9. The summed E-state index contributed by atoms with van der Waals surface area (Å²) in [5, 5.41) is 5.95. The van der Waals surface area contributed by atoms with Crippen LogP contribution in [0.4, 0.5) is 17.1 Å². The molecule has 0 amide bonds. The van der Waals surface area contributed by atoms with Crippen LogP contribution in [0.25, 0.3) is 10.8 Å². The van der Waals surface area contributed by atoms with Gasteiger partial charge < -0.3 is 11.1 Å². The zero-order chi connectivity index (χ0) is 16.6. The van der Waals surface area contributed by atoms with Crippen molar-refractivity contribution in [2.75, 3.05) is 11.1 Å². The molecule has 0 aliphatic rings. The Balaban J connectivity index is 0.000000203. The van der Waals surface area contributed by atoms with E-state index in [0.717, 1.165) is 17.1 Å². The predicted molar refractivity (Wildman–Crippen MR) is 105 cm³/mol. The van der Waals surface area contributed by atoms with E-state index in [-0.39, 0.29) is 0 Å². The lowest BCUT2D eigenvalue weighted by atomic mass is 10.1. The van der Waals surface area contributed by atoms with Crippen molar-refractivity contribution >= 4 is 27.8 Å². The van der Waals surface area contributed by atoms with Gasteiger partial charge in [0.25, 0.3) is 0 Å². The third-order valence-corrected chi connectivity index (χ3v) is 3.64. The van der Waals surface area contributed by atoms with Crippen molar-refractivity contribution in [3.8, 4) is 0 Å². The Hall–Kier alpha value is -3.26. The molecule has 2 nitrogen and oxygen atoms in total. The molecule has 0 radical (unpaired) electrons. The number of fused-ring (bicyclic) bond motifs is 1. The first-order chi connectivity index (χ1) is 11.8. The summed E-state index contributed by atoms with van der Waals surface area (Å²) in [6.07, 6.45) is 0. The van der Waals surface area contributed by atoms with E-state index >= 15 is 0 Å². The van der Waals surface area contributed by atoms with E-state index in [1.165, 1.54) is 10.8 Å².